The van der Waals surface area contributed by atoms with Crippen LogP contribution in [0, 0.1) is 6.92 Å². The van der Waals surface area contributed by atoms with Gasteiger partial charge in [0.1, 0.15) is 0 Å². The molecule has 5 nitrogen and oxygen atoms in total. The van der Waals surface area contributed by atoms with E-state index in [0.29, 0.717) is 22.8 Å². The van der Waals surface area contributed by atoms with Crippen LogP contribution in [0.25, 0.3) is 22.1 Å². The van der Waals surface area contributed by atoms with Gasteiger partial charge in [0.15, 0.2) is 11.4 Å². The molecule has 118 valence electrons. The SMILES string of the molecule is [2H]C([2H])([2H])N1CN(c2c(C)ccc3c2oc2ncccc23)c2ncccc21. The highest BCUT2D eigenvalue weighted by Crippen LogP contribution is 2.44. The van der Waals surface area contributed by atoms with Gasteiger partial charge < -0.3 is 14.2 Å². The van der Waals surface area contributed by atoms with Crippen molar-refractivity contribution in [1.82, 2.24) is 9.97 Å². The fraction of sp³-hybridized carbons (Fsp3) is 0.158. The summed E-state index contributed by atoms with van der Waals surface area (Å²) in [5.74, 6) is 0.609. The van der Waals surface area contributed by atoms with Gasteiger partial charge in [-0.3, -0.25) is 0 Å². The number of hydrogen-bond donors (Lipinski definition) is 0. The summed E-state index contributed by atoms with van der Waals surface area (Å²) >= 11 is 0. The Morgan fingerprint density at radius 3 is 2.88 bits per heavy atom. The molecule has 1 aromatic carbocycles. The Morgan fingerprint density at radius 2 is 1.96 bits per heavy atom. The monoisotopic (exact) mass is 319 g/mol. The topological polar surface area (TPSA) is 45.4 Å². The highest BCUT2D eigenvalue weighted by atomic mass is 16.3. The molecule has 0 aliphatic carbocycles. The molecule has 4 heterocycles. The molecular weight excluding hydrogens is 300 g/mol. The van der Waals surface area contributed by atoms with Crippen molar-refractivity contribution in [3.8, 4) is 0 Å². The Balaban J connectivity index is 1.78. The third-order valence-electron chi connectivity index (χ3n) is 4.46. The molecule has 24 heavy (non-hydrogen) atoms. The van der Waals surface area contributed by atoms with Gasteiger partial charge in [0.05, 0.1) is 18.0 Å². The fourth-order valence-electron chi connectivity index (χ4n) is 3.36. The molecule has 5 rings (SSSR count). The van der Waals surface area contributed by atoms with Gasteiger partial charge in [-0.15, -0.1) is 0 Å². The number of fused-ring (bicyclic) bond motifs is 4. The summed E-state index contributed by atoms with van der Waals surface area (Å²) in [4.78, 5) is 12.1. The number of aromatic nitrogens is 2. The zero-order chi connectivity index (χ0) is 18.8. The van der Waals surface area contributed by atoms with Crippen LogP contribution in [0.5, 0.6) is 0 Å². The maximum Gasteiger partial charge on any atom is 0.227 e. The summed E-state index contributed by atoms with van der Waals surface area (Å²) in [6, 6.07) is 11.4. The first-order valence-electron chi connectivity index (χ1n) is 9.22. The molecule has 0 fully saturated rings. The van der Waals surface area contributed by atoms with Crippen molar-refractivity contribution in [2.24, 2.45) is 0 Å². The molecule has 1 aliphatic rings. The molecule has 0 unspecified atom stereocenters. The Labute approximate surface area is 143 Å². The van der Waals surface area contributed by atoms with Gasteiger partial charge in [0.2, 0.25) is 5.71 Å². The molecular formula is C19H16N4O. The number of anilines is 3. The number of pyridine rings is 2. The van der Waals surface area contributed by atoms with Crippen molar-refractivity contribution in [3.05, 3.63) is 54.4 Å². The normalized spacial score (nSPS) is 16.3. The average molecular weight is 319 g/mol. The van der Waals surface area contributed by atoms with Crippen LogP contribution in [-0.2, 0) is 0 Å². The maximum atomic E-state index is 7.89. The van der Waals surface area contributed by atoms with Crippen molar-refractivity contribution in [2.45, 2.75) is 6.92 Å². The van der Waals surface area contributed by atoms with Crippen LogP contribution >= 0.6 is 0 Å². The maximum absolute atomic E-state index is 7.89. The molecule has 0 atom stereocenters. The highest BCUT2D eigenvalue weighted by molar-refractivity contribution is 6.09. The molecule has 5 heteroatoms. The summed E-state index contributed by atoms with van der Waals surface area (Å²) < 4.78 is 29.7. The third kappa shape index (κ3) is 1.69. The molecule has 0 N–H and O–H groups in total. The van der Waals surface area contributed by atoms with Crippen molar-refractivity contribution in [3.63, 3.8) is 0 Å². The number of rotatable bonds is 1. The summed E-state index contributed by atoms with van der Waals surface area (Å²) in [7, 11) is 0. The molecule has 3 aromatic heterocycles. The lowest BCUT2D eigenvalue weighted by Crippen LogP contribution is -2.24. The molecule has 0 saturated heterocycles. The number of hydrogen-bond acceptors (Lipinski definition) is 5. The standard InChI is InChI=1S/C19H16N4O/c1-12-7-8-13-14-5-3-10-21-19(14)24-17(13)16(12)23-11-22(2)15-6-4-9-20-18(15)23/h3-10H,11H2,1-2H3/i2D3. The van der Waals surface area contributed by atoms with E-state index in [1.807, 2.05) is 36.1 Å². The number of benzene rings is 1. The lowest BCUT2D eigenvalue weighted by atomic mass is 10.1. The average Bonchev–Trinajstić information content (AvgIpc) is 3.20. The first kappa shape index (κ1) is 10.6. The van der Waals surface area contributed by atoms with Gasteiger partial charge in [-0.25, -0.2) is 9.97 Å². The molecule has 0 saturated carbocycles. The number of furan rings is 1. The second-order valence-corrected chi connectivity index (χ2v) is 5.91. The van der Waals surface area contributed by atoms with Crippen LogP contribution in [0.15, 0.2) is 53.2 Å². The van der Waals surface area contributed by atoms with Gasteiger partial charge >= 0.3 is 0 Å². The van der Waals surface area contributed by atoms with Crippen LogP contribution in [-0.4, -0.2) is 23.6 Å². The van der Waals surface area contributed by atoms with E-state index in [1.165, 1.54) is 4.90 Å². The Kier molecular flexibility index (Phi) is 2.09. The molecule has 0 spiro atoms. The summed E-state index contributed by atoms with van der Waals surface area (Å²) in [6.07, 6.45) is 3.37. The summed E-state index contributed by atoms with van der Waals surface area (Å²) in [5.41, 5.74) is 3.63. The van der Waals surface area contributed by atoms with Crippen molar-refractivity contribution in [1.29, 1.82) is 0 Å². The Hall–Kier alpha value is -3.08. The van der Waals surface area contributed by atoms with E-state index in [-0.39, 0.29) is 6.67 Å². The molecule has 0 amide bonds. The van der Waals surface area contributed by atoms with E-state index in [4.69, 9.17) is 8.53 Å². The van der Waals surface area contributed by atoms with Crippen molar-refractivity contribution >= 4 is 39.3 Å². The lowest BCUT2D eigenvalue weighted by Gasteiger charge is -2.20. The van der Waals surface area contributed by atoms with Crippen LogP contribution in [0.1, 0.15) is 9.68 Å². The van der Waals surface area contributed by atoms with E-state index >= 15 is 0 Å². The van der Waals surface area contributed by atoms with E-state index in [9.17, 15) is 0 Å². The largest absolute Gasteiger partial charge is 0.435 e. The Bertz CT molecular complexity index is 1180. The molecule has 1 aliphatic heterocycles. The summed E-state index contributed by atoms with van der Waals surface area (Å²) in [5, 5.41) is 1.88. The minimum atomic E-state index is -2.26. The minimum Gasteiger partial charge on any atom is -0.435 e. The Morgan fingerprint density at radius 1 is 1.08 bits per heavy atom. The quantitative estimate of drug-likeness (QED) is 0.525. The van der Waals surface area contributed by atoms with Gasteiger partial charge in [-0.2, -0.15) is 0 Å². The van der Waals surface area contributed by atoms with Crippen LogP contribution in [0.3, 0.4) is 0 Å². The second-order valence-electron chi connectivity index (χ2n) is 5.91. The fourth-order valence-corrected chi connectivity index (χ4v) is 3.36. The highest BCUT2D eigenvalue weighted by Gasteiger charge is 2.29. The van der Waals surface area contributed by atoms with Crippen LogP contribution < -0.4 is 9.80 Å². The van der Waals surface area contributed by atoms with E-state index in [1.54, 1.807) is 24.5 Å². The van der Waals surface area contributed by atoms with Crippen molar-refractivity contribution in [2.75, 3.05) is 23.4 Å². The van der Waals surface area contributed by atoms with Gasteiger partial charge in [-0.1, -0.05) is 12.1 Å². The zero-order valence-electron chi connectivity index (χ0n) is 16.0. The van der Waals surface area contributed by atoms with E-state index in [2.05, 4.69) is 9.97 Å². The number of nitrogens with zero attached hydrogens (tertiary/aromatic N) is 4. The minimum absolute atomic E-state index is 0.174. The zero-order valence-corrected chi connectivity index (χ0v) is 13.0. The molecule has 0 bridgehead atoms. The first-order chi connectivity index (χ1) is 12.9. The second kappa shape index (κ2) is 4.71. The molecule has 0 radical (unpaired) electrons. The predicted octanol–water partition coefficient (Wildman–Crippen LogP) is 4.23. The summed E-state index contributed by atoms with van der Waals surface area (Å²) in [6.45, 7) is -0.104. The van der Waals surface area contributed by atoms with Crippen LogP contribution in [0.4, 0.5) is 17.2 Å². The van der Waals surface area contributed by atoms with Crippen molar-refractivity contribution < 1.29 is 8.53 Å². The molecule has 4 aromatic rings. The van der Waals surface area contributed by atoms with Gasteiger partial charge in [0.25, 0.3) is 0 Å². The third-order valence-corrected chi connectivity index (χ3v) is 4.46. The van der Waals surface area contributed by atoms with E-state index < -0.39 is 6.98 Å². The lowest BCUT2D eigenvalue weighted by molar-refractivity contribution is 0.653. The van der Waals surface area contributed by atoms with E-state index in [0.717, 1.165) is 22.0 Å². The van der Waals surface area contributed by atoms with Crippen LogP contribution in [0.2, 0.25) is 0 Å². The van der Waals surface area contributed by atoms with Gasteiger partial charge in [0, 0.05) is 34.3 Å². The predicted molar refractivity (Wildman–Crippen MR) is 95.9 cm³/mol. The smallest absolute Gasteiger partial charge is 0.227 e. The first-order valence-corrected chi connectivity index (χ1v) is 7.72. The number of aryl methyl sites for hydroxylation is 1. The van der Waals surface area contributed by atoms with Gasteiger partial charge in [-0.05, 0) is 36.8 Å².